The number of benzene rings is 1. The molecular formula is C30H28FN5O3S2. The summed E-state index contributed by atoms with van der Waals surface area (Å²) in [5.41, 5.74) is 5.20. The Kier molecular flexibility index (Phi) is 5.81. The molecule has 8 nitrogen and oxygen atoms in total. The molecule has 9 rings (SSSR count). The molecule has 41 heavy (non-hydrogen) atoms. The number of methoxy groups -OCH3 is 1. The van der Waals surface area contributed by atoms with Crippen molar-refractivity contribution in [3.63, 3.8) is 0 Å². The van der Waals surface area contributed by atoms with Gasteiger partial charge in [0, 0.05) is 46.6 Å². The second-order valence-electron chi connectivity index (χ2n) is 11.4. The first kappa shape index (κ1) is 25.4. The molecule has 3 saturated carbocycles. The number of amides is 1. The molecule has 210 valence electrons. The lowest BCUT2D eigenvalue weighted by atomic mass is 9.78. The highest BCUT2D eigenvalue weighted by Crippen LogP contribution is 2.59. The van der Waals surface area contributed by atoms with Crippen molar-refractivity contribution in [2.75, 3.05) is 19.9 Å². The maximum Gasteiger partial charge on any atom is 0.410 e. The summed E-state index contributed by atoms with van der Waals surface area (Å²) in [5.74, 6) is 0.514. The summed E-state index contributed by atoms with van der Waals surface area (Å²) in [6.45, 7) is 0.615. The molecule has 4 aromatic heterocycles. The zero-order valence-electron chi connectivity index (χ0n) is 22.7. The van der Waals surface area contributed by atoms with Crippen LogP contribution in [0.4, 0.5) is 9.18 Å². The molecule has 4 aliphatic rings. The van der Waals surface area contributed by atoms with Crippen LogP contribution < -0.4 is 0 Å². The lowest BCUT2D eigenvalue weighted by Gasteiger charge is -2.40. The van der Waals surface area contributed by atoms with Crippen molar-refractivity contribution in [3.05, 3.63) is 47.5 Å². The third-order valence-corrected chi connectivity index (χ3v) is 11.1. The fourth-order valence-corrected chi connectivity index (χ4v) is 9.05. The molecule has 1 unspecified atom stereocenters. The molecule has 1 saturated heterocycles. The molecule has 5 heterocycles. The predicted octanol–water partition coefficient (Wildman–Crippen LogP) is 6.61. The van der Waals surface area contributed by atoms with E-state index in [-0.39, 0.29) is 29.4 Å². The van der Waals surface area contributed by atoms with Crippen LogP contribution in [-0.2, 0) is 15.9 Å². The number of aromatic nitrogens is 4. The van der Waals surface area contributed by atoms with Gasteiger partial charge in [0.2, 0.25) is 0 Å². The number of halogens is 1. The van der Waals surface area contributed by atoms with Gasteiger partial charge in [-0.3, -0.25) is 9.88 Å². The van der Waals surface area contributed by atoms with Gasteiger partial charge in [0.05, 0.1) is 39.8 Å². The Balaban J connectivity index is 1.43. The van der Waals surface area contributed by atoms with Crippen molar-refractivity contribution in [2.45, 2.75) is 49.2 Å². The maximum absolute atomic E-state index is 16.5. The summed E-state index contributed by atoms with van der Waals surface area (Å²) in [6, 6.07) is 7.77. The van der Waals surface area contributed by atoms with E-state index in [1.165, 1.54) is 24.9 Å². The molecule has 4 fully saturated rings. The summed E-state index contributed by atoms with van der Waals surface area (Å²) >= 11 is 0.0185. The smallest absolute Gasteiger partial charge is 0.410 e. The molecule has 2 bridgehead atoms. The molecule has 5 atom stereocenters. The standard InChI is InChI=1S/C30H28FN5O3S2/c1-39-30(37)35-10-4-6-20(35)21-12-18-28(36(21)27-15-8-9-16(27)11-15)19-13-32-25(23(31)26(19)34-29(18)41(2)38)17-5-3-7-22-24(17)33-14-40-22/h3,5,7,12-16,20,27H,4,6,8-11H2,1-2H3/t15-,16+,20-,27-,41?/m1/s1. The number of ether oxygens (including phenoxy) is 1. The quantitative estimate of drug-likeness (QED) is 0.219. The van der Waals surface area contributed by atoms with Crippen LogP contribution in [0.2, 0.25) is 0 Å². The number of carbonyl (C=O) groups is 1. The van der Waals surface area contributed by atoms with Crippen molar-refractivity contribution < 1.29 is 18.5 Å². The van der Waals surface area contributed by atoms with Gasteiger partial charge in [-0.15, -0.1) is 11.3 Å². The van der Waals surface area contributed by atoms with Crippen LogP contribution in [0, 0.1) is 17.7 Å². The highest BCUT2D eigenvalue weighted by molar-refractivity contribution is 7.90. The number of likely N-dealkylation sites (tertiary alicyclic amines) is 1. The van der Waals surface area contributed by atoms with Crippen LogP contribution in [0.25, 0.3) is 43.3 Å². The predicted molar refractivity (Wildman–Crippen MR) is 157 cm³/mol. The molecule has 5 aromatic rings. The van der Waals surface area contributed by atoms with Crippen LogP contribution >= 0.6 is 11.3 Å². The minimum Gasteiger partial charge on any atom is -0.610 e. The van der Waals surface area contributed by atoms with E-state index in [0.29, 0.717) is 39.9 Å². The van der Waals surface area contributed by atoms with Crippen molar-refractivity contribution in [1.82, 2.24) is 24.4 Å². The number of para-hydroxylation sites is 1. The first-order valence-electron chi connectivity index (χ1n) is 14.0. The number of hydrogen-bond acceptors (Lipinski definition) is 7. The van der Waals surface area contributed by atoms with E-state index in [1.807, 2.05) is 24.3 Å². The Morgan fingerprint density at radius 1 is 1.17 bits per heavy atom. The van der Waals surface area contributed by atoms with Gasteiger partial charge in [-0.2, -0.15) is 4.98 Å². The van der Waals surface area contributed by atoms with Crippen LogP contribution in [0.3, 0.4) is 0 Å². The van der Waals surface area contributed by atoms with E-state index in [2.05, 4.69) is 14.5 Å². The molecular weight excluding hydrogens is 561 g/mol. The topological polar surface area (TPSA) is 96.2 Å². The molecule has 0 spiro atoms. The van der Waals surface area contributed by atoms with E-state index in [0.717, 1.165) is 47.0 Å². The first-order valence-corrected chi connectivity index (χ1v) is 16.4. The van der Waals surface area contributed by atoms with E-state index < -0.39 is 17.0 Å². The highest BCUT2D eigenvalue weighted by atomic mass is 32.2. The second-order valence-corrected chi connectivity index (χ2v) is 13.6. The van der Waals surface area contributed by atoms with Gasteiger partial charge in [0.1, 0.15) is 17.5 Å². The SMILES string of the molecule is COC(=O)N1CCC[C@@H]1c1cc2c([S+](C)[O-])nc3c(F)c(-c4cccc5scnc45)ncc3c2n1[C@@H]1[C@@H]2CC[C@H]1C2. The summed E-state index contributed by atoms with van der Waals surface area (Å²) in [5, 5.41) is 1.69. The fraction of sp³-hybridized carbons (Fsp3) is 0.400. The van der Waals surface area contributed by atoms with E-state index >= 15 is 4.39 Å². The normalized spacial score (nSPS) is 24.4. The van der Waals surface area contributed by atoms with Gasteiger partial charge in [0.15, 0.2) is 5.82 Å². The van der Waals surface area contributed by atoms with Crippen LogP contribution in [0.15, 0.2) is 41.0 Å². The first-order chi connectivity index (χ1) is 20.0. The Morgan fingerprint density at radius 3 is 2.76 bits per heavy atom. The number of nitrogens with zero attached hydrogens (tertiary/aromatic N) is 5. The van der Waals surface area contributed by atoms with Crippen molar-refractivity contribution >= 4 is 60.6 Å². The second kappa shape index (κ2) is 9.37. The molecule has 1 aliphatic heterocycles. The summed E-state index contributed by atoms with van der Waals surface area (Å²) in [6.07, 6.45) is 8.11. The van der Waals surface area contributed by atoms with Gasteiger partial charge in [-0.05, 0) is 56.1 Å². The van der Waals surface area contributed by atoms with Crippen LogP contribution in [-0.4, -0.2) is 55.0 Å². The summed E-state index contributed by atoms with van der Waals surface area (Å²) in [7, 11) is 1.41. The van der Waals surface area contributed by atoms with Crippen LogP contribution in [0.1, 0.15) is 49.9 Å². The number of hydrogen-bond donors (Lipinski definition) is 0. The number of fused-ring (bicyclic) bond motifs is 5. The number of carbonyl (C=O) groups excluding carboxylic acids is 1. The summed E-state index contributed by atoms with van der Waals surface area (Å²) in [4.78, 5) is 28.4. The van der Waals surface area contributed by atoms with Gasteiger partial charge in [-0.1, -0.05) is 12.1 Å². The zero-order chi connectivity index (χ0) is 28.0. The average Bonchev–Trinajstić information content (AvgIpc) is 3.80. The largest absolute Gasteiger partial charge is 0.610 e. The molecule has 0 N–H and O–H groups in total. The van der Waals surface area contributed by atoms with Gasteiger partial charge in [-0.25, -0.2) is 14.2 Å². The number of pyridine rings is 2. The van der Waals surface area contributed by atoms with Gasteiger partial charge < -0.3 is 13.9 Å². The van der Waals surface area contributed by atoms with Gasteiger partial charge >= 0.3 is 6.09 Å². The highest BCUT2D eigenvalue weighted by Gasteiger charge is 2.50. The molecule has 1 amide bonds. The molecule has 11 heteroatoms. The minimum absolute atomic E-state index is 0.161. The van der Waals surface area contributed by atoms with Crippen molar-refractivity contribution in [2.24, 2.45) is 11.8 Å². The third-order valence-electron chi connectivity index (χ3n) is 9.43. The van der Waals surface area contributed by atoms with E-state index in [4.69, 9.17) is 9.72 Å². The maximum atomic E-state index is 16.5. The monoisotopic (exact) mass is 589 g/mol. The molecule has 1 aromatic carbocycles. The van der Waals surface area contributed by atoms with Crippen molar-refractivity contribution in [3.8, 4) is 11.3 Å². The van der Waals surface area contributed by atoms with Crippen LogP contribution in [0.5, 0.6) is 0 Å². The Morgan fingerprint density at radius 2 is 2.00 bits per heavy atom. The lowest BCUT2D eigenvalue weighted by Crippen LogP contribution is -2.35. The Labute approximate surface area is 242 Å². The lowest BCUT2D eigenvalue weighted by molar-refractivity contribution is 0.113. The Bertz CT molecular complexity index is 1860. The number of rotatable bonds is 4. The average molecular weight is 590 g/mol. The molecule has 0 radical (unpaired) electrons. The minimum atomic E-state index is -1.48. The third kappa shape index (κ3) is 3.61. The van der Waals surface area contributed by atoms with E-state index in [1.54, 1.807) is 22.9 Å². The fourth-order valence-electron chi connectivity index (χ4n) is 7.66. The molecule has 3 aliphatic carbocycles. The Hall–Kier alpha value is -3.28. The number of thiazole rings is 1. The van der Waals surface area contributed by atoms with Gasteiger partial charge in [0.25, 0.3) is 5.03 Å². The van der Waals surface area contributed by atoms with E-state index in [9.17, 15) is 9.35 Å². The summed E-state index contributed by atoms with van der Waals surface area (Å²) < 4.78 is 38.2. The van der Waals surface area contributed by atoms with Crippen molar-refractivity contribution in [1.29, 1.82) is 0 Å². The zero-order valence-corrected chi connectivity index (χ0v) is 24.3.